The van der Waals surface area contributed by atoms with Gasteiger partial charge in [-0.3, -0.25) is 0 Å². The number of carbonyl (C=O) groups is 1. The molecule has 1 aromatic heterocycles. The van der Waals surface area contributed by atoms with Gasteiger partial charge in [-0.25, -0.2) is 4.79 Å². The monoisotopic (exact) mass is 465 g/mol. The van der Waals surface area contributed by atoms with Crippen molar-refractivity contribution in [3.63, 3.8) is 0 Å². The minimum atomic E-state index is -0.353. The smallest absolute Gasteiger partial charge is 0.337 e. The van der Waals surface area contributed by atoms with Gasteiger partial charge in [-0.2, -0.15) is 0 Å². The van der Waals surface area contributed by atoms with Crippen LogP contribution in [-0.4, -0.2) is 24.7 Å². The lowest BCUT2D eigenvalue weighted by Crippen LogP contribution is -2.06. The third-order valence-corrected chi connectivity index (χ3v) is 6.88. The van der Waals surface area contributed by atoms with Crippen molar-refractivity contribution in [3.05, 3.63) is 107 Å². The van der Waals surface area contributed by atoms with Crippen LogP contribution in [0.4, 0.5) is 0 Å². The van der Waals surface area contributed by atoms with Crippen molar-refractivity contribution in [1.29, 1.82) is 0 Å². The summed E-state index contributed by atoms with van der Waals surface area (Å²) in [4.78, 5) is 15.4. The number of benzene rings is 3. The molecule has 1 aliphatic rings. The normalized spacial score (nSPS) is 15.6. The topological polar surface area (TPSA) is 51.3 Å². The van der Waals surface area contributed by atoms with Gasteiger partial charge in [-0.05, 0) is 73.4 Å². The summed E-state index contributed by atoms with van der Waals surface area (Å²) in [5.41, 5.74) is 7.24. The molecule has 0 saturated carbocycles. The lowest BCUT2D eigenvalue weighted by molar-refractivity contribution is 0.0600. The predicted molar refractivity (Wildman–Crippen MR) is 141 cm³/mol. The fraction of sp³-hybridized carbons (Fsp3) is 0.258. The van der Waals surface area contributed by atoms with Crippen LogP contribution in [0.3, 0.4) is 0 Å². The van der Waals surface area contributed by atoms with Gasteiger partial charge in [0.15, 0.2) is 0 Å². The van der Waals surface area contributed by atoms with E-state index in [2.05, 4.69) is 65.7 Å². The molecular weight excluding hydrogens is 434 g/mol. The highest BCUT2D eigenvalue weighted by atomic mass is 16.5. The minimum Gasteiger partial charge on any atom is -0.494 e. The number of rotatable bonds is 8. The molecule has 0 radical (unpaired) electrons. The molecule has 178 valence electrons. The number of nitrogens with one attached hydrogen (secondary N) is 1. The number of fused-ring (bicyclic) bond motifs is 1. The zero-order chi connectivity index (χ0) is 24.0. The van der Waals surface area contributed by atoms with Crippen LogP contribution in [0.2, 0.25) is 0 Å². The average Bonchev–Trinajstić information content (AvgIpc) is 3.29. The summed E-state index contributed by atoms with van der Waals surface area (Å²) in [6, 6.07) is 26.6. The quantitative estimate of drug-likeness (QED) is 0.219. The number of para-hydroxylation sites is 1. The van der Waals surface area contributed by atoms with E-state index in [1.807, 2.05) is 12.1 Å². The van der Waals surface area contributed by atoms with Gasteiger partial charge in [0.2, 0.25) is 0 Å². The van der Waals surface area contributed by atoms with Gasteiger partial charge in [0.25, 0.3) is 0 Å². The number of esters is 1. The summed E-state index contributed by atoms with van der Waals surface area (Å²) in [5, 5.41) is 1.30. The second-order valence-electron chi connectivity index (χ2n) is 9.11. The Morgan fingerprint density at radius 2 is 1.83 bits per heavy atom. The Morgan fingerprint density at radius 3 is 2.63 bits per heavy atom. The Balaban J connectivity index is 1.29. The molecule has 0 amide bonds. The van der Waals surface area contributed by atoms with Crippen LogP contribution < -0.4 is 4.74 Å². The van der Waals surface area contributed by atoms with E-state index in [4.69, 9.17) is 9.47 Å². The second kappa shape index (κ2) is 10.6. The summed E-state index contributed by atoms with van der Waals surface area (Å²) in [6.45, 7) is 0.578. The first-order chi connectivity index (χ1) is 17.2. The van der Waals surface area contributed by atoms with E-state index < -0.39 is 0 Å². The minimum absolute atomic E-state index is 0.353. The zero-order valence-electron chi connectivity index (χ0n) is 20.1. The fourth-order valence-corrected chi connectivity index (χ4v) is 5.11. The van der Waals surface area contributed by atoms with Gasteiger partial charge in [-0.1, -0.05) is 60.7 Å². The number of carbonyl (C=O) groups excluding carboxylic acids is 1. The number of ether oxygens (including phenoxy) is 2. The van der Waals surface area contributed by atoms with E-state index in [-0.39, 0.29) is 5.97 Å². The number of allylic oxidation sites excluding steroid dienone is 2. The SMILES string of the molecule is COC(=O)c1cccc(OCCCc2[nH]c3ccccc3c2C2=CCC(c3ccccc3)CC2)c1. The van der Waals surface area contributed by atoms with Crippen LogP contribution in [0.25, 0.3) is 16.5 Å². The Kier molecular flexibility index (Phi) is 6.99. The largest absolute Gasteiger partial charge is 0.494 e. The third kappa shape index (κ3) is 5.17. The van der Waals surface area contributed by atoms with Crippen LogP contribution in [0.15, 0.2) is 84.9 Å². The maximum absolute atomic E-state index is 11.8. The summed E-state index contributed by atoms with van der Waals surface area (Å²) in [6.07, 6.45) is 7.58. The van der Waals surface area contributed by atoms with Crippen molar-refractivity contribution in [2.45, 2.75) is 38.0 Å². The summed E-state index contributed by atoms with van der Waals surface area (Å²) < 4.78 is 10.8. The molecule has 3 aromatic carbocycles. The Morgan fingerprint density at radius 1 is 1.00 bits per heavy atom. The molecular formula is C31H31NO3. The van der Waals surface area contributed by atoms with E-state index in [0.717, 1.165) is 25.7 Å². The van der Waals surface area contributed by atoms with Gasteiger partial charge in [0, 0.05) is 22.2 Å². The van der Waals surface area contributed by atoms with E-state index >= 15 is 0 Å². The summed E-state index contributed by atoms with van der Waals surface area (Å²) >= 11 is 0. The first-order valence-corrected chi connectivity index (χ1v) is 12.4. The van der Waals surface area contributed by atoms with Gasteiger partial charge in [-0.15, -0.1) is 0 Å². The number of aryl methyl sites for hydroxylation is 1. The molecule has 0 fully saturated rings. The Labute approximate surface area is 206 Å². The third-order valence-electron chi connectivity index (χ3n) is 6.88. The van der Waals surface area contributed by atoms with Crippen molar-refractivity contribution < 1.29 is 14.3 Å². The lowest BCUT2D eigenvalue weighted by Gasteiger charge is -2.23. The van der Waals surface area contributed by atoms with Crippen molar-refractivity contribution in [1.82, 2.24) is 4.98 Å². The molecule has 1 heterocycles. The number of H-pyrrole nitrogens is 1. The van der Waals surface area contributed by atoms with Crippen LogP contribution >= 0.6 is 0 Å². The molecule has 0 aliphatic heterocycles. The molecule has 1 atom stereocenters. The molecule has 0 saturated heterocycles. The molecule has 1 N–H and O–H groups in total. The van der Waals surface area contributed by atoms with E-state index in [0.29, 0.717) is 23.8 Å². The van der Waals surface area contributed by atoms with Gasteiger partial charge in [0.1, 0.15) is 5.75 Å². The molecule has 0 spiro atoms. The molecule has 4 heteroatoms. The van der Waals surface area contributed by atoms with Gasteiger partial charge >= 0.3 is 5.97 Å². The number of aromatic nitrogens is 1. The Bertz CT molecular complexity index is 1340. The number of aromatic amines is 1. The van der Waals surface area contributed by atoms with Crippen molar-refractivity contribution >= 4 is 22.4 Å². The van der Waals surface area contributed by atoms with Crippen molar-refractivity contribution in [3.8, 4) is 5.75 Å². The highest BCUT2D eigenvalue weighted by molar-refractivity contribution is 5.94. The standard InChI is InChI=1S/C31H31NO3/c1-34-31(33)25-11-7-12-26(21-25)35-20-8-15-29-30(27-13-5-6-14-28(27)32-29)24-18-16-23(17-19-24)22-9-3-2-4-10-22/h2-7,9-14,18,21,23,32H,8,15-17,19-20H2,1H3. The van der Waals surface area contributed by atoms with Gasteiger partial charge < -0.3 is 14.5 Å². The summed E-state index contributed by atoms with van der Waals surface area (Å²) in [5.74, 6) is 0.933. The van der Waals surface area contributed by atoms with Gasteiger partial charge in [0.05, 0.1) is 19.3 Å². The van der Waals surface area contributed by atoms with E-state index in [1.165, 1.54) is 46.8 Å². The van der Waals surface area contributed by atoms with Crippen molar-refractivity contribution in [2.75, 3.05) is 13.7 Å². The molecule has 35 heavy (non-hydrogen) atoms. The Hall–Kier alpha value is -3.79. The maximum atomic E-state index is 11.8. The zero-order valence-corrected chi connectivity index (χ0v) is 20.1. The van der Waals surface area contributed by atoms with E-state index in [1.54, 1.807) is 12.1 Å². The highest BCUT2D eigenvalue weighted by Gasteiger charge is 2.21. The number of hydrogen-bond acceptors (Lipinski definition) is 3. The molecule has 5 rings (SSSR count). The lowest BCUT2D eigenvalue weighted by atomic mass is 9.82. The van der Waals surface area contributed by atoms with E-state index in [9.17, 15) is 4.79 Å². The molecule has 4 nitrogen and oxygen atoms in total. The van der Waals surface area contributed by atoms with Crippen LogP contribution in [0, 0.1) is 0 Å². The molecule has 1 unspecified atom stereocenters. The first kappa shape index (κ1) is 23.0. The summed E-state index contributed by atoms with van der Waals surface area (Å²) in [7, 11) is 1.39. The van der Waals surface area contributed by atoms with Crippen LogP contribution in [0.5, 0.6) is 5.75 Å². The molecule has 4 aromatic rings. The first-order valence-electron chi connectivity index (χ1n) is 12.4. The number of hydrogen-bond donors (Lipinski definition) is 1. The molecule has 1 aliphatic carbocycles. The fourth-order valence-electron chi connectivity index (χ4n) is 5.11. The predicted octanol–water partition coefficient (Wildman–Crippen LogP) is 7.32. The van der Waals surface area contributed by atoms with Crippen LogP contribution in [0.1, 0.15) is 58.8 Å². The maximum Gasteiger partial charge on any atom is 0.337 e. The molecule has 0 bridgehead atoms. The van der Waals surface area contributed by atoms with Crippen molar-refractivity contribution in [2.24, 2.45) is 0 Å². The number of methoxy groups -OCH3 is 1. The second-order valence-corrected chi connectivity index (χ2v) is 9.11. The van der Waals surface area contributed by atoms with Crippen LogP contribution in [-0.2, 0) is 11.2 Å². The average molecular weight is 466 g/mol. The highest BCUT2D eigenvalue weighted by Crippen LogP contribution is 2.39.